The Morgan fingerprint density at radius 1 is 1.21 bits per heavy atom. The van der Waals surface area contributed by atoms with Gasteiger partial charge in [0.25, 0.3) is 0 Å². The van der Waals surface area contributed by atoms with Gasteiger partial charge in [-0.1, -0.05) is 67.6 Å². The van der Waals surface area contributed by atoms with Gasteiger partial charge in [-0.3, -0.25) is 9.63 Å². The summed E-state index contributed by atoms with van der Waals surface area (Å²) < 4.78 is 0. The van der Waals surface area contributed by atoms with E-state index in [9.17, 15) is 9.90 Å². The first kappa shape index (κ1) is 16.7. The van der Waals surface area contributed by atoms with Gasteiger partial charge in [-0.05, 0) is 17.5 Å². The van der Waals surface area contributed by atoms with Gasteiger partial charge in [-0.2, -0.15) is 5.06 Å². The molecule has 1 heterocycles. The van der Waals surface area contributed by atoms with Crippen molar-refractivity contribution in [2.24, 2.45) is 5.92 Å². The number of hydroxylamine groups is 2. The van der Waals surface area contributed by atoms with E-state index in [-0.39, 0.29) is 6.10 Å². The zero-order valence-corrected chi connectivity index (χ0v) is 14.1. The van der Waals surface area contributed by atoms with Crippen molar-refractivity contribution in [3.8, 4) is 0 Å². The van der Waals surface area contributed by atoms with Crippen molar-refractivity contribution in [1.82, 2.24) is 5.06 Å². The molecule has 0 amide bonds. The maximum absolute atomic E-state index is 12.0. The van der Waals surface area contributed by atoms with Gasteiger partial charge in [0.1, 0.15) is 6.10 Å². The van der Waals surface area contributed by atoms with Crippen LogP contribution >= 0.6 is 0 Å². The zero-order chi connectivity index (χ0) is 17.2. The second-order valence-electron chi connectivity index (χ2n) is 6.30. The maximum atomic E-state index is 12.0. The molecular formula is C20H23NO3. The molecule has 1 unspecified atom stereocenters. The van der Waals surface area contributed by atoms with Gasteiger partial charge in [-0.15, -0.1) is 0 Å². The fourth-order valence-electron chi connectivity index (χ4n) is 3.89. The molecule has 2 aromatic rings. The van der Waals surface area contributed by atoms with Crippen LogP contribution < -0.4 is 0 Å². The predicted molar refractivity (Wildman–Crippen MR) is 92.2 cm³/mol. The number of hydrogen-bond acceptors (Lipinski definition) is 3. The van der Waals surface area contributed by atoms with Crippen molar-refractivity contribution in [2.75, 3.05) is 7.05 Å². The van der Waals surface area contributed by atoms with E-state index in [4.69, 9.17) is 4.84 Å². The standard InChI is InChI=1S/C20H23NO3/c1-3-17(19(22)23)20(16-12-8-5-9-13-16)14-18(24-21(20)2)15-10-6-4-7-11-15/h4-13,17-18H,3,14H2,1-2H3,(H,22,23)/t17?,18-,20-/m0/s1. The first-order valence-corrected chi connectivity index (χ1v) is 8.33. The number of carboxylic acids is 1. The number of hydrogen-bond donors (Lipinski definition) is 1. The minimum Gasteiger partial charge on any atom is -0.481 e. The van der Waals surface area contributed by atoms with Gasteiger partial charge in [0.05, 0.1) is 11.5 Å². The number of rotatable bonds is 5. The van der Waals surface area contributed by atoms with Gasteiger partial charge in [0.15, 0.2) is 0 Å². The van der Waals surface area contributed by atoms with Gasteiger partial charge >= 0.3 is 5.97 Å². The third-order valence-electron chi connectivity index (χ3n) is 5.07. The molecule has 1 saturated heterocycles. The Kier molecular flexibility index (Phi) is 4.69. The average Bonchev–Trinajstić information content (AvgIpc) is 2.95. The lowest BCUT2D eigenvalue weighted by molar-refractivity contribution is -0.193. The first-order valence-electron chi connectivity index (χ1n) is 8.33. The second kappa shape index (κ2) is 6.75. The Labute approximate surface area is 142 Å². The molecule has 3 rings (SSSR count). The molecule has 0 aliphatic carbocycles. The van der Waals surface area contributed by atoms with Crippen LogP contribution in [-0.2, 0) is 15.2 Å². The Morgan fingerprint density at radius 2 is 1.79 bits per heavy atom. The Hall–Kier alpha value is -2.17. The summed E-state index contributed by atoms with van der Waals surface area (Å²) in [6.45, 7) is 1.92. The van der Waals surface area contributed by atoms with Crippen LogP contribution in [0.4, 0.5) is 0 Å². The lowest BCUT2D eigenvalue weighted by Crippen LogP contribution is -2.47. The van der Waals surface area contributed by atoms with Crippen molar-refractivity contribution >= 4 is 5.97 Å². The summed E-state index contributed by atoms with van der Waals surface area (Å²) in [5, 5.41) is 11.6. The summed E-state index contributed by atoms with van der Waals surface area (Å²) in [7, 11) is 1.85. The molecule has 1 aliphatic rings. The predicted octanol–water partition coefficient (Wildman–Crippen LogP) is 4.00. The monoisotopic (exact) mass is 325 g/mol. The van der Waals surface area contributed by atoms with Gasteiger partial charge in [-0.25, -0.2) is 0 Å². The normalized spacial score (nSPS) is 25.5. The van der Waals surface area contributed by atoms with Crippen molar-refractivity contribution in [2.45, 2.75) is 31.4 Å². The van der Waals surface area contributed by atoms with Crippen LogP contribution in [0.3, 0.4) is 0 Å². The van der Waals surface area contributed by atoms with E-state index in [0.717, 1.165) is 11.1 Å². The lowest BCUT2D eigenvalue weighted by Gasteiger charge is -2.39. The third kappa shape index (κ3) is 2.72. The van der Waals surface area contributed by atoms with Gasteiger partial charge in [0.2, 0.25) is 0 Å². The van der Waals surface area contributed by atoms with E-state index in [1.54, 1.807) is 5.06 Å². The number of benzene rings is 2. The van der Waals surface area contributed by atoms with Crippen LogP contribution in [0.1, 0.15) is 37.0 Å². The van der Waals surface area contributed by atoms with Crippen molar-refractivity contribution < 1.29 is 14.7 Å². The summed E-state index contributed by atoms with van der Waals surface area (Å²) in [4.78, 5) is 18.1. The highest BCUT2D eigenvalue weighted by molar-refractivity contribution is 5.72. The minimum absolute atomic E-state index is 0.148. The molecule has 1 aliphatic heterocycles. The highest BCUT2D eigenvalue weighted by Gasteiger charge is 2.54. The Bertz CT molecular complexity index is 689. The number of carboxylic acid groups (broad SMARTS) is 1. The van der Waals surface area contributed by atoms with Gasteiger partial charge in [0, 0.05) is 13.5 Å². The molecule has 0 radical (unpaired) electrons. The number of nitrogens with zero attached hydrogens (tertiary/aromatic N) is 1. The fourth-order valence-corrected chi connectivity index (χ4v) is 3.89. The topological polar surface area (TPSA) is 49.8 Å². The summed E-state index contributed by atoms with van der Waals surface area (Å²) in [6, 6.07) is 19.8. The SMILES string of the molecule is CCC(C(=O)O)[C@@]1(c2ccccc2)C[C@@H](c2ccccc2)ON1C. The molecule has 2 aromatic carbocycles. The zero-order valence-electron chi connectivity index (χ0n) is 14.1. The molecule has 24 heavy (non-hydrogen) atoms. The Balaban J connectivity index is 2.07. The number of carbonyl (C=O) groups is 1. The van der Waals surface area contributed by atoms with Crippen LogP contribution in [0.25, 0.3) is 0 Å². The summed E-state index contributed by atoms with van der Waals surface area (Å²) in [5.41, 5.74) is 1.38. The van der Waals surface area contributed by atoms with Crippen LogP contribution in [0.2, 0.25) is 0 Å². The second-order valence-corrected chi connectivity index (χ2v) is 6.30. The highest BCUT2D eigenvalue weighted by atomic mass is 16.7. The molecule has 126 valence electrons. The quantitative estimate of drug-likeness (QED) is 0.902. The molecule has 1 N–H and O–H groups in total. The molecule has 4 heteroatoms. The van der Waals surface area contributed by atoms with Crippen LogP contribution in [0, 0.1) is 5.92 Å². The van der Waals surface area contributed by atoms with Crippen molar-refractivity contribution in [3.05, 3.63) is 71.8 Å². The molecule has 4 nitrogen and oxygen atoms in total. The summed E-state index contributed by atoms with van der Waals surface area (Å²) in [6.07, 6.45) is 1.01. The van der Waals surface area contributed by atoms with E-state index in [1.165, 1.54) is 0 Å². The van der Waals surface area contributed by atoms with Crippen LogP contribution in [-0.4, -0.2) is 23.2 Å². The van der Waals surface area contributed by atoms with E-state index in [0.29, 0.717) is 12.8 Å². The minimum atomic E-state index is -0.787. The molecule has 0 bridgehead atoms. The number of aliphatic carboxylic acids is 1. The van der Waals surface area contributed by atoms with E-state index in [1.807, 2.05) is 74.6 Å². The smallest absolute Gasteiger partial charge is 0.308 e. The summed E-state index contributed by atoms with van der Waals surface area (Å²) in [5.74, 6) is -1.33. The summed E-state index contributed by atoms with van der Waals surface area (Å²) >= 11 is 0. The van der Waals surface area contributed by atoms with Crippen LogP contribution in [0.5, 0.6) is 0 Å². The molecule has 0 saturated carbocycles. The average molecular weight is 325 g/mol. The largest absolute Gasteiger partial charge is 0.481 e. The molecular weight excluding hydrogens is 302 g/mol. The fraction of sp³-hybridized carbons (Fsp3) is 0.350. The molecule has 0 aromatic heterocycles. The third-order valence-corrected chi connectivity index (χ3v) is 5.07. The van der Waals surface area contributed by atoms with Gasteiger partial charge < -0.3 is 5.11 Å². The van der Waals surface area contributed by atoms with Crippen molar-refractivity contribution in [1.29, 1.82) is 0 Å². The van der Waals surface area contributed by atoms with Crippen LogP contribution in [0.15, 0.2) is 60.7 Å². The van der Waals surface area contributed by atoms with Crippen molar-refractivity contribution in [3.63, 3.8) is 0 Å². The van der Waals surface area contributed by atoms with E-state index >= 15 is 0 Å². The first-order chi connectivity index (χ1) is 11.6. The lowest BCUT2D eigenvalue weighted by atomic mass is 9.73. The molecule has 1 fully saturated rings. The molecule has 3 atom stereocenters. The Morgan fingerprint density at radius 3 is 2.33 bits per heavy atom. The highest BCUT2D eigenvalue weighted by Crippen LogP contribution is 2.51. The maximum Gasteiger partial charge on any atom is 0.308 e. The van der Waals surface area contributed by atoms with E-state index < -0.39 is 17.4 Å². The van der Waals surface area contributed by atoms with E-state index in [2.05, 4.69) is 0 Å². The molecule has 0 spiro atoms.